The van der Waals surface area contributed by atoms with Gasteiger partial charge in [0.25, 0.3) is 0 Å². The molecular formula is C47H32N2. The van der Waals surface area contributed by atoms with Gasteiger partial charge in [-0.25, -0.2) is 0 Å². The average Bonchev–Trinajstić information content (AvgIpc) is 3.72. The fraction of sp³-hybridized carbons (Fsp3) is 0.0213. The molecule has 1 heterocycles. The molecule has 0 amide bonds. The Morgan fingerprint density at radius 1 is 0.388 bits per heavy atom. The summed E-state index contributed by atoms with van der Waals surface area (Å²) in [4.78, 5) is 2.37. The summed E-state index contributed by atoms with van der Waals surface area (Å²) in [7, 11) is 0. The van der Waals surface area contributed by atoms with Gasteiger partial charge in [-0.2, -0.15) is 0 Å². The van der Waals surface area contributed by atoms with E-state index in [2.05, 4.69) is 191 Å². The third-order valence-corrected chi connectivity index (χ3v) is 10.2. The molecule has 0 N–H and O–H groups in total. The lowest BCUT2D eigenvalue weighted by atomic mass is 9.95. The number of nitrogens with zero attached hydrogens (tertiary/aromatic N) is 2. The topological polar surface area (TPSA) is 8.17 Å². The van der Waals surface area contributed by atoms with Gasteiger partial charge in [-0.1, -0.05) is 127 Å². The van der Waals surface area contributed by atoms with E-state index in [1.807, 2.05) is 0 Å². The summed E-state index contributed by atoms with van der Waals surface area (Å²) in [6.07, 6.45) is 0.954. The third-order valence-electron chi connectivity index (χ3n) is 10.2. The van der Waals surface area contributed by atoms with Gasteiger partial charge >= 0.3 is 0 Å². The maximum Gasteiger partial charge on any atom is 0.0561 e. The number of hydrogen-bond donors (Lipinski definition) is 0. The van der Waals surface area contributed by atoms with Crippen LogP contribution in [0.25, 0.3) is 60.5 Å². The molecule has 0 fully saturated rings. The van der Waals surface area contributed by atoms with E-state index in [9.17, 15) is 0 Å². The highest BCUT2D eigenvalue weighted by atomic mass is 15.1. The summed E-state index contributed by atoms with van der Waals surface area (Å²) in [5, 5.41) is 5.18. The molecule has 2 nitrogen and oxygen atoms in total. The zero-order valence-electron chi connectivity index (χ0n) is 26.9. The Hall–Kier alpha value is -6.38. The molecule has 2 heteroatoms. The van der Waals surface area contributed by atoms with E-state index in [0.29, 0.717) is 0 Å². The largest absolute Gasteiger partial charge is 0.310 e. The van der Waals surface area contributed by atoms with Crippen molar-refractivity contribution in [2.24, 2.45) is 0 Å². The minimum Gasteiger partial charge on any atom is -0.310 e. The molecule has 0 saturated heterocycles. The first-order chi connectivity index (χ1) is 24.3. The van der Waals surface area contributed by atoms with Crippen molar-refractivity contribution in [2.75, 3.05) is 4.90 Å². The summed E-state index contributed by atoms with van der Waals surface area (Å²) < 4.78 is 2.39. The van der Waals surface area contributed by atoms with E-state index in [0.717, 1.165) is 29.2 Å². The molecule has 49 heavy (non-hydrogen) atoms. The molecule has 0 unspecified atom stereocenters. The second-order valence-electron chi connectivity index (χ2n) is 12.9. The van der Waals surface area contributed by atoms with Crippen molar-refractivity contribution in [1.82, 2.24) is 4.57 Å². The lowest BCUT2D eigenvalue weighted by Crippen LogP contribution is -2.10. The number of aromatic nitrogens is 1. The molecule has 9 aromatic rings. The van der Waals surface area contributed by atoms with Crippen molar-refractivity contribution in [1.29, 1.82) is 0 Å². The highest BCUT2D eigenvalue weighted by Crippen LogP contribution is 2.45. The smallest absolute Gasteiger partial charge is 0.0561 e. The lowest BCUT2D eigenvalue weighted by Gasteiger charge is -2.26. The molecule has 0 bridgehead atoms. The van der Waals surface area contributed by atoms with Crippen LogP contribution in [-0.2, 0) is 6.42 Å². The summed E-state index contributed by atoms with van der Waals surface area (Å²) in [6.45, 7) is 0. The first kappa shape index (κ1) is 27.7. The number of anilines is 3. The molecule has 0 aliphatic heterocycles. The average molecular weight is 625 g/mol. The number of fused-ring (bicyclic) bond motifs is 8. The fourth-order valence-corrected chi connectivity index (χ4v) is 8.02. The van der Waals surface area contributed by atoms with Gasteiger partial charge in [-0.3, -0.25) is 0 Å². The Morgan fingerprint density at radius 2 is 1.02 bits per heavy atom. The van der Waals surface area contributed by atoms with Crippen LogP contribution in [0.5, 0.6) is 0 Å². The molecule has 8 aromatic carbocycles. The highest BCUT2D eigenvalue weighted by Gasteiger charge is 2.24. The van der Waals surface area contributed by atoms with E-state index in [1.165, 1.54) is 66.0 Å². The molecule has 0 spiro atoms. The predicted molar refractivity (Wildman–Crippen MR) is 207 cm³/mol. The second kappa shape index (κ2) is 11.1. The molecule has 230 valence electrons. The number of hydrogen-bond acceptors (Lipinski definition) is 1. The molecule has 0 atom stereocenters. The lowest BCUT2D eigenvalue weighted by molar-refractivity contribution is 1.18. The Kier molecular flexibility index (Phi) is 6.28. The van der Waals surface area contributed by atoms with Crippen molar-refractivity contribution >= 4 is 49.6 Å². The van der Waals surface area contributed by atoms with E-state index < -0.39 is 0 Å². The Labute approximate surface area is 285 Å². The van der Waals surface area contributed by atoms with Gasteiger partial charge < -0.3 is 9.47 Å². The van der Waals surface area contributed by atoms with Crippen LogP contribution in [0.15, 0.2) is 182 Å². The van der Waals surface area contributed by atoms with E-state index >= 15 is 0 Å². The molecule has 0 radical (unpaired) electrons. The molecule has 1 aromatic heterocycles. The normalized spacial score (nSPS) is 12.0. The van der Waals surface area contributed by atoms with Gasteiger partial charge in [0.1, 0.15) is 0 Å². The predicted octanol–water partition coefficient (Wildman–Crippen LogP) is 12.6. The number of rotatable bonds is 5. The summed E-state index contributed by atoms with van der Waals surface area (Å²) >= 11 is 0. The van der Waals surface area contributed by atoms with Crippen molar-refractivity contribution in [3.63, 3.8) is 0 Å². The van der Waals surface area contributed by atoms with Crippen LogP contribution in [0, 0.1) is 0 Å². The van der Waals surface area contributed by atoms with Gasteiger partial charge in [0.15, 0.2) is 0 Å². The van der Waals surface area contributed by atoms with Gasteiger partial charge in [0.2, 0.25) is 0 Å². The van der Waals surface area contributed by atoms with Gasteiger partial charge in [-0.05, 0) is 105 Å². The number of benzene rings is 8. The quantitative estimate of drug-likeness (QED) is 0.185. The van der Waals surface area contributed by atoms with Gasteiger partial charge in [-0.15, -0.1) is 0 Å². The summed E-state index contributed by atoms with van der Waals surface area (Å²) in [5.41, 5.74) is 15.1. The van der Waals surface area contributed by atoms with Crippen molar-refractivity contribution in [3.8, 4) is 27.9 Å². The zero-order chi connectivity index (χ0) is 32.3. The Balaban J connectivity index is 1.09. The molecule has 10 rings (SSSR count). The fourth-order valence-electron chi connectivity index (χ4n) is 8.02. The number of para-hydroxylation sites is 3. The van der Waals surface area contributed by atoms with E-state index in [4.69, 9.17) is 0 Å². The molecule has 1 aliphatic carbocycles. The van der Waals surface area contributed by atoms with Gasteiger partial charge in [0.05, 0.1) is 11.0 Å². The summed E-state index contributed by atoms with van der Waals surface area (Å²) in [5.74, 6) is 0. The molecule has 1 aliphatic rings. The maximum absolute atomic E-state index is 2.39. The van der Waals surface area contributed by atoms with Crippen LogP contribution >= 0.6 is 0 Å². The standard InChI is InChI=1S/C47H32N2/c1-3-13-34(14-4-1)48(37-27-29-43-42-18-9-10-21-46(42)49(47(43)30-37)35-15-5-2-6-16-35)36-25-22-33(23-26-36)39-19-11-20-40-41-28-24-32-12-7-8-17-38(32)45(41)31-44(39)40/h1-30H,31H2. The SMILES string of the molecule is c1ccc(N(c2ccc(-c3cccc4c3Cc3c-4ccc4ccccc34)cc2)c2ccc3c4ccccc4n(-c4ccccc4)c3c2)cc1. The van der Waals surface area contributed by atoms with Crippen LogP contribution in [-0.4, -0.2) is 4.57 Å². The minimum absolute atomic E-state index is 0.954. The van der Waals surface area contributed by atoms with Crippen LogP contribution in [0.2, 0.25) is 0 Å². The monoisotopic (exact) mass is 624 g/mol. The van der Waals surface area contributed by atoms with Crippen molar-refractivity contribution in [2.45, 2.75) is 6.42 Å². The first-order valence-corrected chi connectivity index (χ1v) is 17.0. The van der Waals surface area contributed by atoms with Gasteiger partial charge in [0, 0.05) is 33.5 Å². The second-order valence-corrected chi connectivity index (χ2v) is 12.9. The van der Waals surface area contributed by atoms with Crippen LogP contribution in [0.3, 0.4) is 0 Å². The van der Waals surface area contributed by atoms with Crippen LogP contribution in [0.1, 0.15) is 11.1 Å². The van der Waals surface area contributed by atoms with Crippen molar-refractivity contribution in [3.05, 3.63) is 193 Å². The Bertz CT molecular complexity index is 2670. The molecular weight excluding hydrogens is 593 g/mol. The highest BCUT2D eigenvalue weighted by molar-refractivity contribution is 6.10. The molecule has 0 saturated carbocycles. The first-order valence-electron chi connectivity index (χ1n) is 17.0. The zero-order valence-corrected chi connectivity index (χ0v) is 26.9. The van der Waals surface area contributed by atoms with Crippen LogP contribution < -0.4 is 4.90 Å². The van der Waals surface area contributed by atoms with Crippen LogP contribution in [0.4, 0.5) is 17.1 Å². The van der Waals surface area contributed by atoms with E-state index in [-0.39, 0.29) is 0 Å². The Morgan fingerprint density at radius 3 is 1.86 bits per heavy atom. The van der Waals surface area contributed by atoms with E-state index in [1.54, 1.807) is 0 Å². The van der Waals surface area contributed by atoms with Crippen molar-refractivity contribution < 1.29 is 0 Å². The maximum atomic E-state index is 2.39. The minimum atomic E-state index is 0.954. The third kappa shape index (κ3) is 4.42. The summed E-state index contributed by atoms with van der Waals surface area (Å²) in [6, 6.07) is 66.2.